The van der Waals surface area contributed by atoms with Crippen LogP contribution in [0.1, 0.15) is 17.5 Å². The van der Waals surface area contributed by atoms with Gasteiger partial charge in [-0.05, 0) is 23.3 Å². The van der Waals surface area contributed by atoms with Gasteiger partial charge in [0.2, 0.25) is 11.3 Å². The normalized spacial score (nSPS) is 10.8. The van der Waals surface area contributed by atoms with Crippen LogP contribution in [0, 0.1) is 0 Å². The molecule has 4 rings (SSSR count). The van der Waals surface area contributed by atoms with Gasteiger partial charge in [0.15, 0.2) is 0 Å². The molecule has 1 heterocycles. The first-order valence-corrected chi connectivity index (χ1v) is 10.0. The average molecular weight is 397 g/mol. The standard InChI is InChI=1S/C25H23N3O2/c29-24-17-26-28(23-14-8-7-13-22(23)24)16-15-25(30)27(18-20-9-3-1-4-10-20)19-21-11-5-2-6-12-21/h1-14,17H,15-16,18-19H2. The zero-order valence-electron chi connectivity index (χ0n) is 16.6. The molecule has 3 aromatic carbocycles. The fourth-order valence-corrected chi connectivity index (χ4v) is 3.54. The Labute approximate surface area is 175 Å². The summed E-state index contributed by atoms with van der Waals surface area (Å²) in [5, 5.41) is 4.86. The van der Waals surface area contributed by atoms with Gasteiger partial charge in [0.05, 0.1) is 18.3 Å². The van der Waals surface area contributed by atoms with E-state index in [-0.39, 0.29) is 11.3 Å². The topological polar surface area (TPSA) is 55.2 Å². The second-order valence-corrected chi connectivity index (χ2v) is 7.22. The highest BCUT2D eigenvalue weighted by atomic mass is 16.2. The predicted molar refractivity (Wildman–Crippen MR) is 118 cm³/mol. The Morgan fingerprint density at radius 1 is 0.800 bits per heavy atom. The van der Waals surface area contributed by atoms with Crippen molar-refractivity contribution >= 4 is 16.8 Å². The maximum Gasteiger partial charge on any atom is 0.225 e. The summed E-state index contributed by atoms with van der Waals surface area (Å²) in [6.45, 7) is 1.51. The highest BCUT2D eigenvalue weighted by Gasteiger charge is 2.15. The number of aryl methyl sites for hydroxylation is 1. The Bertz CT molecular complexity index is 1150. The van der Waals surface area contributed by atoms with Crippen molar-refractivity contribution in [3.8, 4) is 0 Å². The summed E-state index contributed by atoms with van der Waals surface area (Å²) < 4.78 is 1.73. The van der Waals surface area contributed by atoms with E-state index in [1.54, 1.807) is 10.7 Å². The van der Waals surface area contributed by atoms with E-state index in [9.17, 15) is 9.59 Å². The molecule has 5 nitrogen and oxygen atoms in total. The summed E-state index contributed by atoms with van der Waals surface area (Å²) in [5.74, 6) is 0.0484. The van der Waals surface area contributed by atoms with Crippen molar-refractivity contribution < 1.29 is 4.79 Å². The van der Waals surface area contributed by atoms with Crippen molar-refractivity contribution in [3.63, 3.8) is 0 Å². The van der Waals surface area contributed by atoms with Crippen molar-refractivity contribution in [2.75, 3.05) is 0 Å². The maximum atomic E-state index is 13.2. The number of amides is 1. The summed E-state index contributed by atoms with van der Waals surface area (Å²) >= 11 is 0. The number of carbonyl (C=O) groups is 1. The third-order valence-corrected chi connectivity index (χ3v) is 5.08. The van der Waals surface area contributed by atoms with E-state index < -0.39 is 0 Å². The monoisotopic (exact) mass is 397 g/mol. The zero-order valence-corrected chi connectivity index (χ0v) is 16.6. The van der Waals surface area contributed by atoms with Gasteiger partial charge < -0.3 is 4.90 Å². The number of hydrogen-bond donors (Lipinski definition) is 0. The van der Waals surface area contributed by atoms with Crippen LogP contribution in [0.25, 0.3) is 10.9 Å². The molecule has 150 valence electrons. The predicted octanol–water partition coefficient (Wildman–Crippen LogP) is 4.02. The van der Waals surface area contributed by atoms with E-state index in [0.29, 0.717) is 31.4 Å². The number of nitrogens with zero attached hydrogens (tertiary/aromatic N) is 3. The molecule has 0 bridgehead atoms. The highest BCUT2D eigenvalue weighted by Crippen LogP contribution is 2.13. The smallest absolute Gasteiger partial charge is 0.225 e. The Morgan fingerprint density at radius 3 is 2.00 bits per heavy atom. The van der Waals surface area contributed by atoms with Gasteiger partial charge in [0.25, 0.3) is 0 Å². The highest BCUT2D eigenvalue weighted by molar-refractivity contribution is 5.79. The maximum absolute atomic E-state index is 13.2. The molecule has 0 aliphatic carbocycles. The number of benzene rings is 3. The molecule has 0 N–H and O–H groups in total. The van der Waals surface area contributed by atoms with Crippen molar-refractivity contribution in [2.45, 2.75) is 26.1 Å². The van der Waals surface area contributed by atoms with Gasteiger partial charge in [-0.3, -0.25) is 14.3 Å². The lowest BCUT2D eigenvalue weighted by molar-refractivity contribution is -0.132. The van der Waals surface area contributed by atoms with E-state index in [4.69, 9.17) is 0 Å². The van der Waals surface area contributed by atoms with Gasteiger partial charge >= 0.3 is 0 Å². The minimum atomic E-state index is -0.108. The molecular weight excluding hydrogens is 374 g/mol. The van der Waals surface area contributed by atoms with Crippen LogP contribution < -0.4 is 5.43 Å². The molecule has 0 fully saturated rings. The zero-order chi connectivity index (χ0) is 20.8. The first-order chi connectivity index (χ1) is 14.7. The molecule has 0 saturated carbocycles. The van der Waals surface area contributed by atoms with Crippen LogP contribution in [0.15, 0.2) is 95.9 Å². The largest absolute Gasteiger partial charge is 0.334 e. The van der Waals surface area contributed by atoms with Crippen molar-refractivity contribution in [3.05, 3.63) is 112 Å². The molecule has 0 aliphatic heterocycles. The third-order valence-electron chi connectivity index (χ3n) is 5.08. The van der Waals surface area contributed by atoms with Gasteiger partial charge in [-0.1, -0.05) is 72.8 Å². The summed E-state index contributed by atoms with van der Waals surface area (Å²) in [6.07, 6.45) is 1.62. The summed E-state index contributed by atoms with van der Waals surface area (Å²) in [4.78, 5) is 27.1. The SMILES string of the molecule is O=C(CCn1ncc(=O)c2ccccc21)N(Cc1ccccc1)Cc1ccccc1. The van der Waals surface area contributed by atoms with Crippen molar-refractivity contribution in [1.29, 1.82) is 0 Å². The Balaban J connectivity index is 1.53. The lowest BCUT2D eigenvalue weighted by Crippen LogP contribution is -2.31. The van der Waals surface area contributed by atoms with E-state index in [1.807, 2.05) is 83.8 Å². The number of fused-ring (bicyclic) bond motifs is 1. The molecule has 30 heavy (non-hydrogen) atoms. The van der Waals surface area contributed by atoms with Crippen LogP contribution in [0.2, 0.25) is 0 Å². The lowest BCUT2D eigenvalue weighted by atomic mass is 10.1. The third kappa shape index (κ3) is 4.63. The summed E-state index contributed by atoms with van der Waals surface area (Å²) in [7, 11) is 0. The van der Waals surface area contributed by atoms with Crippen LogP contribution in [-0.2, 0) is 24.4 Å². The summed E-state index contributed by atoms with van der Waals surface area (Å²) in [6, 6.07) is 27.4. The summed E-state index contributed by atoms with van der Waals surface area (Å²) in [5.41, 5.74) is 2.82. The fourth-order valence-electron chi connectivity index (χ4n) is 3.54. The van der Waals surface area contributed by atoms with Gasteiger partial charge in [-0.25, -0.2) is 0 Å². The quantitative estimate of drug-likeness (QED) is 0.473. The van der Waals surface area contributed by atoms with Crippen LogP contribution in [0.5, 0.6) is 0 Å². The number of carbonyl (C=O) groups excluding carboxylic acids is 1. The van der Waals surface area contributed by atoms with Gasteiger partial charge in [0, 0.05) is 24.9 Å². The van der Waals surface area contributed by atoms with Crippen molar-refractivity contribution in [1.82, 2.24) is 14.7 Å². The van der Waals surface area contributed by atoms with Crippen LogP contribution in [0.4, 0.5) is 0 Å². The molecule has 1 amide bonds. The lowest BCUT2D eigenvalue weighted by Gasteiger charge is -2.23. The number of aromatic nitrogens is 2. The van der Waals surface area contributed by atoms with E-state index in [1.165, 1.54) is 6.20 Å². The number of rotatable bonds is 7. The number of hydrogen-bond acceptors (Lipinski definition) is 3. The Hall–Kier alpha value is -3.73. The first-order valence-electron chi connectivity index (χ1n) is 10.0. The number of para-hydroxylation sites is 1. The minimum absolute atomic E-state index is 0.0484. The molecule has 1 aromatic heterocycles. The second kappa shape index (κ2) is 9.18. The second-order valence-electron chi connectivity index (χ2n) is 7.22. The van der Waals surface area contributed by atoms with Crippen LogP contribution in [0.3, 0.4) is 0 Å². The molecule has 4 aromatic rings. The fraction of sp³-hybridized carbons (Fsp3) is 0.160. The van der Waals surface area contributed by atoms with Gasteiger partial charge in [-0.15, -0.1) is 0 Å². The average Bonchev–Trinajstić information content (AvgIpc) is 2.80. The van der Waals surface area contributed by atoms with Gasteiger partial charge in [0.1, 0.15) is 0 Å². The van der Waals surface area contributed by atoms with E-state index in [0.717, 1.165) is 16.6 Å². The Kier molecular flexibility index (Phi) is 5.99. The molecule has 0 aliphatic rings. The molecule has 0 atom stereocenters. The molecule has 5 heteroatoms. The molecular formula is C25H23N3O2. The van der Waals surface area contributed by atoms with Crippen LogP contribution in [-0.4, -0.2) is 20.6 Å². The van der Waals surface area contributed by atoms with Crippen molar-refractivity contribution in [2.24, 2.45) is 0 Å². The molecule has 0 saturated heterocycles. The Morgan fingerprint density at radius 2 is 1.37 bits per heavy atom. The van der Waals surface area contributed by atoms with E-state index >= 15 is 0 Å². The van der Waals surface area contributed by atoms with Crippen LogP contribution >= 0.6 is 0 Å². The molecule has 0 spiro atoms. The first kappa shape index (κ1) is 19.6. The van der Waals surface area contributed by atoms with Gasteiger partial charge in [-0.2, -0.15) is 5.10 Å². The molecule has 0 unspecified atom stereocenters. The van der Waals surface area contributed by atoms with E-state index in [2.05, 4.69) is 5.10 Å². The molecule has 0 radical (unpaired) electrons. The minimum Gasteiger partial charge on any atom is -0.334 e.